The van der Waals surface area contributed by atoms with E-state index in [-0.39, 0.29) is 43.5 Å². The number of rotatable bonds is 6. The van der Waals surface area contributed by atoms with E-state index < -0.39 is 5.92 Å². The summed E-state index contributed by atoms with van der Waals surface area (Å²) in [5, 5.41) is 5.00. The third kappa shape index (κ3) is 5.79. The van der Waals surface area contributed by atoms with Crippen LogP contribution in [0.1, 0.15) is 37.7 Å². The first-order chi connectivity index (χ1) is 15.4. The quantitative estimate of drug-likeness (QED) is 0.743. The molecule has 0 unspecified atom stereocenters. The Morgan fingerprint density at radius 1 is 1.09 bits per heavy atom. The van der Waals surface area contributed by atoms with Gasteiger partial charge in [-0.25, -0.2) is 8.78 Å². The first-order valence-electron chi connectivity index (χ1n) is 11.4. The first kappa shape index (κ1) is 22.6. The Balaban J connectivity index is 1.19. The molecule has 0 bridgehead atoms. The molecule has 2 aliphatic rings. The van der Waals surface area contributed by atoms with E-state index in [4.69, 9.17) is 0 Å². The maximum atomic E-state index is 13.2. The van der Waals surface area contributed by atoms with Crippen molar-refractivity contribution in [1.82, 2.24) is 20.1 Å². The lowest BCUT2D eigenvalue weighted by atomic mass is 9.84. The molecule has 172 valence electrons. The van der Waals surface area contributed by atoms with E-state index in [1.807, 2.05) is 12.3 Å². The SMILES string of the molecule is O=C(CC1CCC(F)(F)CC1)NCC(=O)N1CCN(Cc2cccc3ccncc23)CC1. The zero-order chi connectivity index (χ0) is 22.6. The summed E-state index contributed by atoms with van der Waals surface area (Å²) in [5.41, 5.74) is 1.23. The Morgan fingerprint density at radius 3 is 2.59 bits per heavy atom. The van der Waals surface area contributed by atoms with Crippen molar-refractivity contribution in [2.45, 2.75) is 44.6 Å². The molecule has 0 radical (unpaired) electrons. The minimum atomic E-state index is -2.59. The van der Waals surface area contributed by atoms with Gasteiger partial charge in [0.25, 0.3) is 0 Å². The summed E-state index contributed by atoms with van der Waals surface area (Å²) in [6.45, 7) is 3.56. The fourth-order valence-electron chi connectivity index (χ4n) is 4.64. The van der Waals surface area contributed by atoms with Gasteiger partial charge in [-0.05, 0) is 35.8 Å². The highest BCUT2D eigenvalue weighted by Gasteiger charge is 2.35. The molecule has 1 aliphatic carbocycles. The van der Waals surface area contributed by atoms with Crippen molar-refractivity contribution in [3.05, 3.63) is 42.2 Å². The average Bonchev–Trinajstić information content (AvgIpc) is 2.80. The van der Waals surface area contributed by atoms with Gasteiger partial charge < -0.3 is 10.2 Å². The molecular weight excluding hydrogens is 414 g/mol. The van der Waals surface area contributed by atoms with Crippen LogP contribution in [-0.4, -0.2) is 65.2 Å². The number of hydrogen-bond acceptors (Lipinski definition) is 4. The zero-order valence-electron chi connectivity index (χ0n) is 18.2. The number of alkyl halides is 2. The van der Waals surface area contributed by atoms with Crippen molar-refractivity contribution in [3.8, 4) is 0 Å². The summed E-state index contributed by atoms with van der Waals surface area (Å²) in [5.74, 6) is -2.92. The van der Waals surface area contributed by atoms with Crippen LogP contribution in [0.4, 0.5) is 8.78 Å². The highest BCUT2D eigenvalue weighted by molar-refractivity contribution is 5.85. The number of fused-ring (bicyclic) bond motifs is 1. The van der Waals surface area contributed by atoms with Crippen LogP contribution in [0.25, 0.3) is 10.8 Å². The van der Waals surface area contributed by atoms with Gasteiger partial charge in [-0.1, -0.05) is 18.2 Å². The topological polar surface area (TPSA) is 65.5 Å². The fourth-order valence-corrected chi connectivity index (χ4v) is 4.64. The molecule has 0 spiro atoms. The van der Waals surface area contributed by atoms with E-state index in [9.17, 15) is 18.4 Å². The number of nitrogens with one attached hydrogen (secondary N) is 1. The number of carbonyl (C=O) groups is 2. The first-order valence-corrected chi connectivity index (χ1v) is 11.4. The second-order valence-corrected chi connectivity index (χ2v) is 8.95. The Bertz CT molecular complexity index is 945. The number of aromatic nitrogens is 1. The number of pyridine rings is 1. The highest BCUT2D eigenvalue weighted by atomic mass is 19.3. The van der Waals surface area contributed by atoms with Gasteiger partial charge in [0, 0.05) is 69.8 Å². The lowest BCUT2D eigenvalue weighted by Gasteiger charge is -2.35. The van der Waals surface area contributed by atoms with Crippen LogP contribution in [0, 0.1) is 5.92 Å². The van der Waals surface area contributed by atoms with Crippen LogP contribution in [-0.2, 0) is 16.1 Å². The monoisotopic (exact) mass is 444 g/mol. The van der Waals surface area contributed by atoms with Gasteiger partial charge in [0.05, 0.1) is 6.54 Å². The molecule has 1 aromatic carbocycles. The second-order valence-electron chi connectivity index (χ2n) is 8.95. The molecule has 6 nitrogen and oxygen atoms in total. The predicted octanol–water partition coefficient (Wildman–Crippen LogP) is 3.21. The summed E-state index contributed by atoms with van der Waals surface area (Å²) in [7, 11) is 0. The number of nitrogens with zero attached hydrogens (tertiary/aromatic N) is 3. The van der Waals surface area contributed by atoms with Gasteiger partial charge in [0.1, 0.15) is 0 Å². The van der Waals surface area contributed by atoms with Gasteiger partial charge in [-0.2, -0.15) is 0 Å². The molecule has 1 aliphatic heterocycles. The molecule has 2 aromatic rings. The van der Waals surface area contributed by atoms with Gasteiger partial charge in [-0.15, -0.1) is 0 Å². The van der Waals surface area contributed by atoms with Crippen molar-refractivity contribution in [2.75, 3.05) is 32.7 Å². The van der Waals surface area contributed by atoms with Gasteiger partial charge >= 0.3 is 0 Å². The smallest absolute Gasteiger partial charge is 0.248 e. The second kappa shape index (κ2) is 9.90. The Kier molecular flexibility index (Phi) is 6.98. The third-order valence-corrected chi connectivity index (χ3v) is 6.64. The van der Waals surface area contributed by atoms with Gasteiger partial charge in [-0.3, -0.25) is 19.5 Å². The van der Waals surface area contributed by atoms with Crippen LogP contribution in [0.5, 0.6) is 0 Å². The molecule has 32 heavy (non-hydrogen) atoms. The van der Waals surface area contributed by atoms with Crippen LogP contribution >= 0.6 is 0 Å². The Morgan fingerprint density at radius 2 is 1.84 bits per heavy atom. The number of benzene rings is 1. The number of hydrogen-bond donors (Lipinski definition) is 1. The zero-order valence-corrected chi connectivity index (χ0v) is 18.2. The summed E-state index contributed by atoms with van der Waals surface area (Å²) in [4.78, 5) is 33.0. The number of carbonyl (C=O) groups excluding carboxylic acids is 2. The molecule has 1 saturated carbocycles. The highest BCUT2D eigenvalue weighted by Crippen LogP contribution is 2.37. The van der Waals surface area contributed by atoms with E-state index in [1.165, 1.54) is 10.9 Å². The molecule has 2 amide bonds. The van der Waals surface area contributed by atoms with Crippen LogP contribution in [0.3, 0.4) is 0 Å². The molecule has 2 fully saturated rings. The van der Waals surface area contributed by atoms with Gasteiger partial charge in [0.15, 0.2) is 0 Å². The fraction of sp³-hybridized carbons (Fsp3) is 0.542. The lowest BCUT2D eigenvalue weighted by Crippen LogP contribution is -2.50. The molecule has 1 aromatic heterocycles. The van der Waals surface area contributed by atoms with E-state index in [1.54, 1.807) is 11.1 Å². The summed E-state index contributed by atoms with van der Waals surface area (Å²) in [6, 6.07) is 8.26. The largest absolute Gasteiger partial charge is 0.347 e. The van der Waals surface area contributed by atoms with E-state index >= 15 is 0 Å². The number of halogens is 2. The molecular formula is C24H30F2N4O2. The van der Waals surface area contributed by atoms with Crippen molar-refractivity contribution in [1.29, 1.82) is 0 Å². The van der Waals surface area contributed by atoms with Crippen molar-refractivity contribution in [3.63, 3.8) is 0 Å². The maximum absolute atomic E-state index is 13.2. The molecule has 8 heteroatoms. The van der Waals surface area contributed by atoms with Crippen molar-refractivity contribution in [2.24, 2.45) is 5.92 Å². The average molecular weight is 445 g/mol. The summed E-state index contributed by atoms with van der Waals surface area (Å²) < 4.78 is 26.5. The van der Waals surface area contributed by atoms with Crippen molar-refractivity contribution < 1.29 is 18.4 Å². The van der Waals surface area contributed by atoms with E-state index in [2.05, 4.69) is 33.4 Å². The standard InChI is InChI=1S/C24H30F2N4O2/c25-24(26)7-4-18(5-8-24)14-22(31)28-16-23(32)30-12-10-29(11-13-30)17-20-3-1-2-19-6-9-27-15-21(19)20/h1-3,6,9,15,18H,4-5,7-8,10-14,16-17H2,(H,28,31). The molecule has 1 saturated heterocycles. The van der Waals surface area contributed by atoms with E-state index in [0.29, 0.717) is 25.9 Å². The molecule has 0 atom stereocenters. The molecule has 4 rings (SSSR count). The Hall–Kier alpha value is -2.61. The van der Waals surface area contributed by atoms with E-state index in [0.717, 1.165) is 25.0 Å². The minimum absolute atomic E-state index is 0.0162. The number of piperazine rings is 1. The third-order valence-electron chi connectivity index (χ3n) is 6.64. The summed E-state index contributed by atoms with van der Waals surface area (Å²) in [6.07, 6.45) is 4.34. The van der Waals surface area contributed by atoms with Crippen LogP contribution in [0.15, 0.2) is 36.7 Å². The van der Waals surface area contributed by atoms with Crippen LogP contribution < -0.4 is 5.32 Å². The maximum Gasteiger partial charge on any atom is 0.248 e. The van der Waals surface area contributed by atoms with Gasteiger partial charge in [0.2, 0.25) is 17.7 Å². The summed E-state index contributed by atoms with van der Waals surface area (Å²) >= 11 is 0. The molecule has 2 heterocycles. The number of amides is 2. The van der Waals surface area contributed by atoms with Crippen molar-refractivity contribution >= 4 is 22.6 Å². The minimum Gasteiger partial charge on any atom is -0.347 e. The lowest BCUT2D eigenvalue weighted by molar-refractivity contribution is -0.134. The molecule has 1 N–H and O–H groups in total. The van der Waals surface area contributed by atoms with Crippen LogP contribution in [0.2, 0.25) is 0 Å². The Labute approximate surface area is 187 Å². The normalized spacial score (nSPS) is 19.8. The predicted molar refractivity (Wildman–Crippen MR) is 118 cm³/mol.